The second-order valence-corrected chi connectivity index (χ2v) is 3.55. The van der Waals surface area contributed by atoms with E-state index in [1.165, 1.54) is 10.8 Å². The molecule has 0 aliphatic rings. The van der Waals surface area contributed by atoms with Crippen LogP contribution in [0.25, 0.3) is 16.7 Å². The van der Waals surface area contributed by atoms with E-state index in [0.29, 0.717) is 10.5 Å². The number of nitrogens with one attached hydrogen (secondary N) is 1. The summed E-state index contributed by atoms with van der Waals surface area (Å²) in [6, 6.07) is 5.18. The Hall–Kier alpha value is -1.88. The normalized spacial score (nSPS) is 11.3. The number of hydrogen-bond acceptors (Lipinski definition) is 3. The van der Waals surface area contributed by atoms with Crippen LogP contribution in [0.1, 0.15) is 0 Å². The van der Waals surface area contributed by atoms with Gasteiger partial charge in [0, 0.05) is 5.02 Å². The minimum Gasteiger partial charge on any atom is -0.317 e. The number of hydrogen-bond donors (Lipinski definition) is 1. The van der Waals surface area contributed by atoms with E-state index in [0.717, 1.165) is 5.52 Å². The number of benzene rings is 1. The third kappa shape index (κ3) is 1.13. The number of fused-ring (bicyclic) bond motifs is 3. The monoisotopic (exact) mass is 220 g/mol. The molecule has 15 heavy (non-hydrogen) atoms. The summed E-state index contributed by atoms with van der Waals surface area (Å²) >= 11 is 5.87. The number of aromatic nitrogens is 4. The van der Waals surface area contributed by atoms with E-state index in [4.69, 9.17) is 11.6 Å². The van der Waals surface area contributed by atoms with Crippen LogP contribution in [0.2, 0.25) is 5.02 Å². The summed E-state index contributed by atoms with van der Waals surface area (Å²) in [7, 11) is 0. The fourth-order valence-electron chi connectivity index (χ4n) is 1.54. The Labute approximate surface area is 88.3 Å². The van der Waals surface area contributed by atoms with Crippen LogP contribution in [-0.4, -0.2) is 19.6 Å². The topological polar surface area (TPSA) is 63.0 Å². The molecule has 0 atom stereocenters. The summed E-state index contributed by atoms with van der Waals surface area (Å²) < 4.78 is 1.47. The molecule has 0 amide bonds. The summed E-state index contributed by atoms with van der Waals surface area (Å²) in [4.78, 5) is 18.1. The Morgan fingerprint density at radius 2 is 2.27 bits per heavy atom. The molecule has 0 fully saturated rings. The van der Waals surface area contributed by atoms with Crippen molar-refractivity contribution in [2.45, 2.75) is 0 Å². The maximum Gasteiger partial charge on any atom is 0.293 e. The molecule has 3 rings (SSSR count). The third-order valence-corrected chi connectivity index (χ3v) is 2.42. The van der Waals surface area contributed by atoms with E-state index in [2.05, 4.69) is 15.1 Å². The van der Waals surface area contributed by atoms with Gasteiger partial charge in [0.05, 0.1) is 11.0 Å². The van der Waals surface area contributed by atoms with E-state index >= 15 is 0 Å². The predicted molar refractivity (Wildman–Crippen MR) is 56.1 cm³/mol. The molecule has 0 saturated carbocycles. The van der Waals surface area contributed by atoms with E-state index < -0.39 is 0 Å². The van der Waals surface area contributed by atoms with Crippen molar-refractivity contribution in [2.24, 2.45) is 0 Å². The van der Waals surface area contributed by atoms with Gasteiger partial charge in [0.2, 0.25) is 5.65 Å². The number of rotatable bonds is 0. The van der Waals surface area contributed by atoms with Gasteiger partial charge in [0.1, 0.15) is 6.33 Å². The molecule has 0 radical (unpaired) electrons. The predicted octanol–water partition coefficient (Wildman–Crippen LogP) is 1.22. The minimum atomic E-state index is -0.262. The molecule has 2 heterocycles. The molecule has 1 N–H and O–H groups in total. The Bertz CT molecular complexity index is 715. The molecule has 0 aliphatic carbocycles. The average Bonchev–Trinajstić information content (AvgIpc) is 2.69. The highest BCUT2D eigenvalue weighted by Gasteiger charge is 2.06. The van der Waals surface area contributed by atoms with E-state index in [1.54, 1.807) is 18.2 Å². The van der Waals surface area contributed by atoms with Crippen molar-refractivity contribution in [3.8, 4) is 0 Å². The van der Waals surface area contributed by atoms with Gasteiger partial charge in [-0.1, -0.05) is 11.6 Å². The fraction of sp³-hybridized carbons (Fsp3) is 0. The second-order valence-electron chi connectivity index (χ2n) is 3.11. The first-order chi connectivity index (χ1) is 7.25. The molecular formula is C9H5ClN4O. The van der Waals surface area contributed by atoms with Crippen molar-refractivity contribution in [1.29, 1.82) is 0 Å². The van der Waals surface area contributed by atoms with Crippen molar-refractivity contribution >= 4 is 28.3 Å². The maximum atomic E-state index is 11.5. The Morgan fingerprint density at radius 1 is 1.40 bits per heavy atom. The van der Waals surface area contributed by atoms with Gasteiger partial charge in [-0.25, -0.2) is 9.50 Å². The highest BCUT2D eigenvalue weighted by molar-refractivity contribution is 6.31. The molecular weight excluding hydrogens is 216 g/mol. The van der Waals surface area contributed by atoms with E-state index in [9.17, 15) is 4.79 Å². The van der Waals surface area contributed by atoms with Crippen LogP contribution in [0.3, 0.4) is 0 Å². The molecule has 0 aliphatic heterocycles. The lowest BCUT2D eigenvalue weighted by molar-refractivity contribution is 0.987. The summed E-state index contributed by atoms with van der Waals surface area (Å²) in [6.07, 6.45) is 1.34. The zero-order valence-electron chi connectivity index (χ0n) is 7.44. The standard InChI is InChI=1S/C9H5ClN4O/c10-5-1-2-6-7(3-5)14-8(9(15)13-6)11-4-12-14/h1-4H,(H,13,15). The maximum absolute atomic E-state index is 11.5. The largest absolute Gasteiger partial charge is 0.317 e. The van der Waals surface area contributed by atoms with Crippen LogP contribution < -0.4 is 5.56 Å². The van der Waals surface area contributed by atoms with Crippen molar-refractivity contribution in [1.82, 2.24) is 19.6 Å². The quantitative estimate of drug-likeness (QED) is 0.620. The Balaban J connectivity index is 2.67. The van der Waals surface area contributed by atoms with Crippen LogP contribution in [0.5, 0.6) is 0 Å². The second kappa shape index (κ2) is 2.80. The molecule has 1 aromatic carbocycles. The van der Waals surface area contributed by atoms with E-state index in [1.807, 2.05) is 0 Å². The van der Waals surface area contributed by atoms with Gasteiger partial charge in [0.15, 0.2) is 0 Å². The highest BCUT2D eigenvalue weighted by Crippen LogP contribution is 2.16. The zero-order chi connectivity index (χ0) is 10.4. The van der Waals surface area contributed by atoms with Crippen molar-refractivity contribution in [3.05, 3.63) is 39.9 Å². The smallest absolute Gasteiger partial charge is 0.293 e. The lowest BCUT2D eigenvalue weighted by Gasteiger charge is -2.00. The van der Waals surface area contributed by atoms with Crippen molar-refractivity contribution < 1.29 is 0 Å². The molecule has 0 bridgehead atoms. The van der Waals surface area contributed by atoms with Crippen molar-refractivity contribution in [3.63, 3.8) is 0 Å². The molecule has 0 unspecified atom stereocenters. The fourth-order valence-corrected chi connectivity index (χ4v) is 1.70. The number of aromatic amines is 1. The summed E-state index contributed by atoms with van der Waals surface area (Å²) in [6.45, 7) is 0. The molecule has 74 valence electrons. The van der Waals surface area contributed by atoms with Crippen LogP contribution >= 0.6 is 11.6 Å². The Morgan fingerprint density at radius 3 is 3.13 bits per heavy atom. The van der Waals surface area contributed by atoms with Gasteiger partial charge in [0.25, 0.3) is 5.56 Å². The van der Waals surface area contributed by atoms with Crippen LogP contribution in [-0.2, 0) is 0 Å². The van der Waals surface area contributed by atoms with Gasteiger partial charge in [-0.15, -0.1) is 0 Å². The van der Waals surface area contributed by atoms with Gasteiger partial charge in [-0.05, 0) is 18.2 Å². The van der Waals surface area contributed by atoms with Crippen LogP contribution in [0, 0.1) is 0 Å². The molecule has 0 spiro atoms. The van der Waals surface area contributed by atoms with Gasteiger partial charge < -0.3 is 4.98 Å². The van der Waals surface area contributed by atoms with Crippen LogP contribution in [0.15, 0.2) is 29.3 Å². The Kier molecular flexibility index (Phi) is 1.58. The molecule has 2 aromatic heterocycles. The first kappa shape index (κ1) is 8.43. The lowest BCUT2D eigenvalue weighted by Crippen LogP contribution is -2.11. The van der Waals surface area contributed by atoms with Crippen molar-refractivity contribution in [2.75, 3.05) is 0 Å². The molecule has 6 heteroatoms. The SMILES string of the molecule is O=c1[nH]c2ccc(Cl)cc2n2ncnc12. The molecule has 5 nitrogen and oxygen atoms in total. The molecule has 0 saturated heterocycles. The molecule has 3 aromatic rings. The van der Waals surface area contributed by atoms with E-state index in [-0.39, 0.29) is 11.2 Å². The summed E-state index contributed by atoms with van der Waals surface area (Å²) in [5, 5.41) is 4.56. The summed E-state index contributed by atoms with van der Waals surface area (Å²) in [5.74, 6) is 0. The zero-order valence-corrected chi connectivity index (χ0v) is 8.19. The third-order valence-electron chi connectivity index (χ3n) is 2.19. The minimum absolute atomic E-state index is 0.262. The van der Waals surface area contributed by atoms with Gasteiger partial charge in [-0.3, -0.25) is 4.79 Å². The number of nitrogens with zero attached hydrogens (tertiary/aromatic N) is 3. The van der Waals surface area contributed by atoms with Gasteiger partial charge >= 0.3 is 0 Å². The highest BCUT2D eigenvalue weighted by atomic mass is 35.5. The average molecular weight is 221 g/mol. The van der Waals surface area contributed by atoms with Gasteiger partial charge in [-0.2, -0.15) is 5.10 Å². The van der Waals surface area contributed by atoms with Crippen LogP contribution in [0.4, 0.5) is 0 Å². The number of halogens is 1. The first-order valence-corrected chi connectivity index (χ1v) is 4.65. The first-order valence-electron chi connectivity index (χ1n) is 4.27. The lowest BCUT2D eigenvalue weighted by atomic mass is 10.3. The number of H-pyrrole nitrogens is 1. The summed E-state index contributed by atoms with van der Waals surface area (Å²) in [5.41, 5.74) is 1.42.